The minimum Gasteiger partial charge on any atom is -0.497 e. The first-order valence-corrected chi connectivity index (χ1v) is 7.24. The van der Waals surface area contributed by atoms with E-state index in [0.29, 0.717) is 11.4 Å². The van der Waals surface area contributed by atoms with Crippen molar-refractivity contribution in [3.63, 3.8) is 0 Å². The molecule has 0 radical (unpaired) electrons. The lowest BCUT2D eigenvalue weighted by atomic mass is 10.1. The lowest BCUT2D eigenvalue weighted by molar-refractivity contribution is 0.414. The van der Waals surface area contributed by atoms with E-state index in [-0.39, 0.29) is 0 Å². The molecule has 0 fully saturated rings. The number of ether oxygens (including phenoxy) is 2. The van der Waals surface area contributed by atoms with Gasteiger partial charge in [-0.05, 0) is 45.1 Å². The Morgan fingerprint density at radius 1 is 0.708 bits per heavy atom. The number of rotatable bonds is 5. The highest BCUT2D eigenvalue weighted by atomic mass is 16.5. The molecular formula is C20H18N2O2+2. The molecule has 0 N–H and O–H groups in total. The second-order valence-corrected chi connectivity index (χ2v) is 4.86. The third-order valence-electron chi connectivity index (χ3n) is 3.38. The molecule has 0 aromatic heterocycles. The summed E-state index contributed by atoms with van der Waals surface area (Å²) in [4.78, 5) is 7.58. The van der Waals surface area contributed by atoms with Crippen LogP contribution in [-0.2, 0) is 0 Å². The molecule has 4 heteroatoms. The Morgan fingerprint density at radius 3 is 1.29 bits per heavy atom. The second kappa shape index (κ2) is 8.22. The molecule has 0 aliphatic carbocycles. The van der Waals surface area contributed by atoms with Crippen molar-refractivity contribution in [2.75, 3.05) is 14.2 Å². The van der Waals surface area contributed by atoms with E-state index in [0.717, 1.165) is 22.6 Å². The fourth-order valence-corrected chi connectivity index (χ4v) is 2.07. The van der Waals surface area contributed by atoms with Gasteiger partial charge in [0, 0.05) is 12.2 Å². The molecule has 2 rings (SSSR count). The van der Waals surface area contributed by atoms with Crippen LogP contribution in [0.4, 0.5) is 0 Å². The van der Waals surface area contributed by atoms with Crippen LogP contribution in [-0.4, -0.2) is 14.2 Å². The summed E-state index contributed by atoms with van der Waals surface area (Å²) in [6, 6.07) is 15.0. The summed E-state index contributed by atoms with van der Waals surface area (Å²) in [5.41, 5.74) is 2.76. The van der Waals surface area contributed by atoms with Crippen LogP contribution in [0.25, 0.3) is 21.8 Å². The van der Waals surface area contributed by atoms with Gasteiger partial charge in [0.25, 0.3) is 13.1 Å². The van der Waals surface area contributed by atoms with Gasteiger partial charge in [0.05, 0.1) is 14.2 Å². The first kappa shape index (κ1) is 16.9. The van der Waals surface area contributed by atoms with Crippen molar-refractivity contribution in [2.45, 2.75) is 0 Å². The van der Waals surface area contributed by atoms with Crippen LogP contribution < -0.4 is 9.47 Å². The van der Waals surface area contributed by atoms with Gasteiger partial charge in [0.15, 0.2) is 0 Å². The SMILES string of the molecule is C#[N+]C(=C/c1ccc(OC)cc1)/C(=C\c1ccc(OC)cc1)[N+]#C. The summed E-state index contributed by atoms with van der Waals surface area (Å²) in [6.45, 7) is 11.0. The number of nitrogens with zero attached hydrogens (tertiary/aromatic N) is 2. The van der Waals surface area contributed by atoms with Crippen molar-refractivity contribution in [1.82, 2.24) is 0 Å². The van der Waals surface area contributed by atoms with Crippen LogP contribution in [0.3, 0.4) is 0 Å². The number of benzene rings is 2. The molecule has 0 atom stereocenters. The fraction of sp³-hybridized carbons (Fsp3) is 0.100. The molecule has 0 saturated carbocycles. The molecule has 0 aliphatic heterocycles. The Labute approximate surface area is 141 Å². The third-order valence-corrected chi connectivity index (χ3v) is 3.38. The highest BCUT2D eigenvalue weighted by molar-refractivity contribution is 5.70. The molecular weight excluding hydrogens is 300 g/mol. The Morgan fingerprint density at radius 2 is 1.04 bits per heavy atom. The van der Waals surface area contributed by atoms with Crippen LogP contribution in [0, 0.1) is 13.1 Å². The Hall–Kier alpha value is -3.50. The van der Waals surface area contributed by atoms with Gasteiger partial charge in [0.2, 0.25) is 0 Å². The van der Waals surface area contributed by atoms with E-state index in [1.54, 1.807) is 26.4 Å². The fourth-order valence-electron chi connectivity index (χ4n) is 2.07. The van der Waals surface area contributed by atoms with Gasteiger partial charge in [-0.15, -0.1) is 0 Å². The maximum Gasteiger partial charge on any atom is 0.430 e. The van der Waals surface area contributed by atoms with E-state index in [9.17, 15) is 0 Å². The van der Waals surface area contributed by atoms with Crippen molar-refractivity contribution >= 4 is 12.2 Å². The topological polar surface area (TPSA) is 27.2 Å². The van der Waals surface area contributed by atoms with Crippen LogP contribution in [0.2, 0.25) is 0 Å². The highest BCUT2D eigenvalue weighted by Gasteiger charge is 2.24. The lowest BCUT2D eigenvalue weighted by Crippen LogP contribution is -1.85. The van der Waals surface area contributed by atoms with Crippen molar-refractivity contribution in [2.24, 2.45) is 0 Å². The quantitative estimate of drug-likeness (QED) is 0.725. The molecule has 2 aromatic rings. The molecule has 0 aliphatic rings. The largest absolute Gasteiger partial charge is 0.497 e. The van der Waals surface area contributed by atoms with Gasteiger partial charge >= 0.3 is 11.4 Å². The molecule has 0 bridgehead atoms. The molecule has 0 spiro atoms. The van der Waals surface area contributed by atoms with Crippen LogP contribution in [0.5, 0.6) is 11.5 Å². The molecule has 0 amide bonds. The van der Waals surface area contributed by atoms with E-state index in [1.807, 2.05) is 48.5 Å². The van der Waals surface area contributed by atoms with E-state index in [2.05, 4.69) is 9.69 Å². The van der Waals surface area contributed by atoms with Crippen molar-refractivity contribution in [3.05, 3.63) is 80.7 Å². The number of methoxy groups -OCH3 is 2. The first-order chi connectivity index (χ1) is 11.7. The standard InChI is InChI=1S/C20H18N2O2/c1-21-19(13-15-5-9-17(23-3)10-6-15)20(22-2)14-16-7-11-18(24-4)12-8-16/h1-2,5-14H,3-4H3/q+2/b19-13+,20-14+. The van der Waals surface area contributed by atoms with Crippen molar-refractivity contribution < 1.29 is 9.47 Å². The van der Waals surface area contributed by atoms with E-state index < -0.39 is 0 Å². The predicted molar refractivity (Wildman–Crippen MR) is 98.6 cm³/mol. The normalized spacial score (nSPS) is 11.3. The maximum absolute atomic E-state index is 5.51. The minimum absolute atomic E-state index is 0.471. The third kappa shape index (κ3) is 4.25. The van der Waals surface area contributed by atoms with Crippen molar-refractivity contribution in [1.29, 1.82) is 0 Å². The van der Waals surface area contributed by atoms with Gasteiger partial charge in [0.1, 0.15) is 11.5 Å². The molecule has 0 unspecified atom stereocenters. The van der Waals surface area contributed by atoms with Gasteiger partial charge in [-0.3, -0.25) is 0 Å². The molecule has 4 nitrogen and oxygen atoms in total. The van der Waals surface area contributed by atoms with Crippen molar-refractivity contribution in [3.8, 4) is 24.6 Å². The van der Waals surface area contributed by atoms with Crippen LogP contribution >= 0.6 is 0 Å². The van der Waals surface area contributed by atoms with Gasteiger partial charge in [-0.1, -0.05) is 24.3 Å². The summed E-state index contributed by atoms with van der Waals surface area (Å²) < 4.78 is 10.3. The van der Waals surface area contributed by atoms with Gasteiger partial charge in [-0.2, -0.15) is 0 Å². The summed E-state index contributed by atoms with van der Waals surface area (Å²) in [5, 5.41) is 0. The Kier molecular flexibility index (Phi) is 5.77. The minimum atomic E-state index is 0.471. The van der Waals surface area contributed by atoms with E-state index >= 15 is 0 Å². The smallest absolute Gasteiger partial charge is 0.430 e. The summed E-state index contributed by atoms with van der Waals surface area (Å²) in [7, 11) is 3.24. The van der Waals surface area contributed by atoms with E-state index in [4.69, 9.17) is 22.6 Å². The van der Waals surface area contributed by atoms with Gasteiger partial charge in [-0.25, -0.2) is 0 Å². The number of hydrogen-bond acceptors (Lipinski definition) is 2. The zero-order valence-electron chi connectivity index (χ0n) is 13.6. The molecule has 24 heavy (non-hydrogen) atoms. The average molecular weight is 318 g/mol. The van der Waals surface area contributed by atoms with Crippen LogP contribution in [0.1, 0.15) is 11.1 Å². The highest BCUT2D eigenvalue weighted by Crippen LogP contribution is 2.22. The average Bonchev–Trinajstić information content (AvgIpc) is 2.65. The Balaban J connectivity index is 2.34. The summed E-state index contributed by atoms with van der Waals surface area (Å²) >= 11 is 0. The molecule has 0 heterocycles. The lowest BCUT2D eigenvalue weighted by Gasteiger charge is -1.98. The number of hydrogen-bond donors (Lipinski definition) is 0. The summed E-state index contributed by atoms with van der Waals surface area (Å²) in [6.07, 6.45) is 3.59. The second-order valence-electron chi connectivity index (χ2n) is 4.86. The molecule has 0 saturated heterocycles. The van der Waals surface area contributed by atoms with Gasteiger partial charge < -0.3 is 9.47 Å². The zero-order chi connectivity index (χ0) is 17.4. The molecule has 2 aromatic carbocycles. The monoisotopic (exact) mass is 318 g/mol. The van der Waals surface area contributed by atoms with Crippen LogP contribution in [0.15, 0.2) is 59.9 Å². The predicted octanol–water partition coefficient (Wildman–Crippen LogP) is 5.01. The zero-order valence-corrected chi connectivity index (χ0v) is 13.6. The summed E-state index contributed by atoms with van der Waals surface area (Å²) in [5.74, 6) is 1.55. The maximum atomic E-state index is 5.51. The molecule has 118 valence electrons. The Bertz CT molecular complexity index is 760. The van der Waals surface area contributed by atoms with E-state index in [1.165, 1.54) is 0 Å². The first-order valence-electron chi connectivity index (χ1n) is 7.24.